The Bertz CT molecular complexity index is 1000. The Labute approximate surface area is 194 Å². The van der Waals surface area contributed by atoms with E-state index in [-0.39, 0.29) is 37.4 Å². The van der Waals surface area contributed by atoms with Crippen LogP contribution in [-0.4, -0.2) is 68.4 Å². The van der Waals surface area contributed by atoms with Crippen LogP contribution >= 0.6 is 0 Å². The number of nitrogens with zero attached hydrogens (tertiary/aromatic N) is 2. The fourth-order valence-corrected chi connectivity index (χ4v) is 3.58. The number of ether oxygens (including phenoxy) is 2. The molecule has 176 valence electrons. The molecule has 0 spiro atoms. The molecule has 0 saturated heterocycles. The number of amides is 2. The quantitative estimate of drug-likeness (QED) is 0.526. The topological polar surface area (TPSA) is 88.2 Å². The summed E-state index contributed by atoms with van der Waals surface area (Å²) < 4.78 is 11.1. The first-order valence-electron chi connectivity index (χ1n) is 11.2. The van der Waals surface area contributed by atoms with E-state index in [1.807, 2.05) is 25.1 Å². The molecule has 33 heavy (non-hydrogen) atoms. The second-order valence-corrected chi connectivity index (χ2v) is 7.86. The minimum Gasteiger partial charge on any atom is -0.485 e. The minimum absolute atomic E-state index is 0.134. The molecule has 2 amide bonds. The third-order valence-electron chi connectivity index (χ3n) is 5.53. The van der Waals surface area contributed by atoms with E-state index in [1.54, 1.807) is 24.3 Å². The normalized spacial score (nSPS) is 12.8. The Morgan fingerprint density at radius 3 is 2.67 bits per heavy atom. The number of carbonyl (C=O) groups excluding carboxylic acids is 3. The van der Waals surface area contributed by atoms with Gasteiger partial charge in [-0.1, -0.05) is 26.0 Å². The van der Waals surface area contributed by atoms with Gasteiger partial charge in [0.15, 0.2) is 19.0 Å². The van der Waals surface area contributed by atoms with Gasteiger partial charge in [-0.2, -0.15) is 0 Å². The molecule has 2 aromatic carbocycles. The molecule has 8 nitrogen and oxygen atoms in total. The van der Waals surface area contributed by atoms with Crippen LogP contribution < -0.4 is 19.7 Å². The summed E-state index contributed by atoms with van der Waals surface area (Å²) in [4.78, 5) is 41.2. The van der Waals surface area contributed by atoms with Gasteiger partial charge in [-0.05, 0) is 55.9 Å². The molecule has 0 saturated carbocycles. The second-order valence-electron chi connectivity index (χ2n) is 7.86. The number of anilines is 1. The van der Waals surface area contributed by atoms with Crippen molar-refractivity contribution in [2.24, 2.45) is 0 Å². The zero-order valence-electron chi connectivity index (χ0n) is 19.4. The maximum absolute atomic E-state index is 12.7. The molecular formula is C25H31N3O5. The summed E-state index contributed by atoms with van der Waals surface area (Å²) in [6.45, 7) is 8.73. The first kappa shape index (κ1) is 24.3. The molecule has 1 heterocycles. The molecule has 0 unspecified atom stereocenters. The van der Waals surface area contributed by atoms with Gasteiger partial charge in [0, 0.05) is 18.7 Å². The smallest absolute Gasteiger partial charge is 0.265 e. The number of ketones is 1. The Hall–Kier alpha value is -3.39. The molecule has 1 aliphatic heterocycles. The van der Waals surface area contributed by atoms with E-state index in [0.717, 1.165) is 25.2 Å². The zero-order chi connectivity index (χ0) is 23.8. The van der Waals surface area contributed by atoms with Crippen LogP contribution in [0.15, 0.2) is 42.5 Å². The number of hydrogen-bond donors (Lipinski definition) is 1. The summed E-state index contributed by atoms with van der Waals surface area (Å²) in [7, 11) is 0. The van der Waals surface area contributed by atoms with Crippen molar-refractivity contribution in [1.82, 2.24) is 10.2 Å². The van der Waals surface area contributed by atoms with Gasteiger partial charge in [0.1, 0.15) is 18.0 Å². The first-order valence-corrected chi connectivity index (χ1v) is 11.2. The van der Waals surface area contributed by atoms with E-state index < -0.39 is 0 Å². The number of nitrogens with one attached hydrogen (secondary N) is 1. The zero-order valence-corrected chi connectivity index (χ0v) is 19.4. The van der Waals surface area contributed by atoms with E-state index in [1.165, 1.54) is 4.90 Å². The van der Waals surface area contributed by atoms with E-state index >= 15 is 0 Å². The molecule has 2 aromatic rings. The third kappa shape index (κ3) is 6.55. The monoisotopic (exact) mass is 453 g/mol. The van der Waals surface area contributed by atoms with Crippen LogP contribution in [0.4, 0.5) is 5.69 Å². The van der Waals surface area contributed by atoms with Crippen LogP contribution in [0.5, 0.6) is 11.5 Å². The van der Waals surface area contributed by atoms with E-state index in [9.17, 15) is 14.4 Å². The molecule has 0 radical (unpaired) electrons. The highest BCUT2D eigenvalue weighted by Gasteiger charge is 2.28. The summed E-state index contributed by atoms with van der Waals surface area (Å²) >= 11 is 0. The van der Waals surface area contributed by atoms with Crippen LogP contribution in [0.1, 0.15) is 29.8 Å². The molecule has 0 aliphatic carbocycles. The van der Waals surface area contributed by atoms with Gasteiger partial charge in [-0.25, -0.2) is 0 Å². The summed E-state index contributed by atoms with van der Waals surface area (Å²) in [6.07, 6.45) is 0. The van der Waals surface area contributed by atoms with Crippen LogP contribution in [-0.2, 0) is 9.59 Å². The highest BCUT2D eigenvalue weighted by Crippen LogP contribution is 2.33. The van der Waals surface area contributed by atoms with Crippen molar-refractivity contribution >= 4 is 23.3 Å². The third-order valence-corrected chi connectivity index (χ3v) is 5.53. The van der Waals surface area contributed by atoms with Gasteiger partial charge >= 0.3 is 0 Å². The standard InChI is InChI=1S/C25H31N3O5/c1-4-27(5-2)12-11-26-24(30)15-28-21-14-19(9-10-23(21)33-17-25(28)31)22(29)16-32-20-8-6-7-18(3)13-20/h6-10,13-14H,4-5,11-12,15-17H2,1-3H3,(H,26,30). The molecule has 0 bridgehead atoms. The van der Waals surface area contributed by atoms with Crippen molar-refractivity contribution in [2.75, 3.05) is 50.8 Å². The van der Waals surface area contributed by atoms with Gasteiger partial charge in [-0.15, -0.1) is 0 Å². The average molecular weight is 454 g/mol. The summed E-state index contributed by atoms with van der Waals surface area (Å²) in [5, 5.41) is 2.86. The van der Waals surface area contributed by atoms with Gasteiger partial charge in [0.25, 0.3) is 5.91 Å². The largest absolute Gasteiger partial charge is 0.485 e. The number of rotatable bonds is 11. The Balaban J connectivity index is 1.65. The molecular weight excluding hydrogens is 422 g/mol. The van der Waals surface area contributed by atoms with E-state index in [0.29, 0.717) is 29.3 Å². The van der Waals surface area contributed by atoms with Crippen LogP contribution in [0.3, 0.4) is 0 Å². The average Bonchev–Trinajstić information content (AvgIpc) is 2.82. The van der Waals surface area contributed by atoms with E-state index in [2.05, 4.69) is 24.1 Å². The fraction of sp³-hybridized carbons (Fsp3) is 0.400. The Morgan fingerprint density at radius 2 is 1.94 bits per heavy atom. The maximum Gasteiger partial charge on any atom is 0.265 e. The molecule has 1 aliphatic rings. The Morgan fingerprint density at radius 1 is 1.15 bits per heavy atom. The lowest BCUT2D eigenvalue weighted by atomic mass is 10.1. The molecule has 0 aromatic heterocycles. The summed E-state index contributed by atoms with van der Waals surface area (Å²) in [6, 6.07) is 12.3. The fourth-order valence-electron chi connectivity index (χ4n) is 3.58. The highest BCUT2D eigenvalue weighted by atomic mass is 16.5. The van der Waals surface area contributed by atoms with Gasteiger partial charge < -0.3 is 19.7 Å². The predicted molar refractivity (Wildman–Crippen MR) is 126 cm³/mol. The van der Waals surface area contributed by atoms with Crippen molar-refractivity contribution in [3.8, 4) is 11.5 Å². The minimum atomic E-state index is -0.331. The molecule has 0 fully saturated rings. The second kappa shape index (κ2) is 11.5. The lowest BCUT2D eigenvalue weighted by Gasteiger charge is -2.29. The first-order chi connectivity index (χ1) is 15.9. The van der Waals surface area contributed by atoms with Crippen LogP contribution in [0, 0.1) is 6.92 Å². The number of Topliss-reactive ketones (excluding diaryl/α,β-unsaturated/α-hetero) is 1. The Kier molecular flexibility index (Phi) is 8.43. The molecule has 3 rings (SSSR count). The van der Waals surface area contributed by atoms with Crippen LogP contribution in [0.25, 0.3) is 0 Å². The summed E-state index contributed by atoms with van der Waals surface area (Å²) in [5.74, 6) is 0.246. The predicted octanol–water partition coefficient (Wildman–Crippen LogP) is 2.44. The molecule has 1 N–H and O–H groups in total. The number of hydrogen-bond acceptors (Lipinski definition) is 6. The van der Waals surface area contributed by atoms with E-state index in [4.69, 9.17) is 9.47 Å². The molecule has 0 atom stereocenters. The van der Waals surface area contributed by atoms with Crippen molar-refractivity contribution in [2.45, 2.75) is 20.8 Å². The van der Waals surface area contributed by atoms with Crippen molar-refractivity contribution in [3.05, 3.63) is 53.6 Å². The number of aryl methyl sites for hydroxylation is 1. The van der Waals surface area contributed by atoms with Gasteiger partial charge in [0.05, 0.1) is 5.69 Å². The lowest BCUT2D eigenvalue weighted by molar-refractivity contribution is -0.125. The lowest BCUT2D eigenvalue weighted by Crippen LogP contribution is -2.46. The number of likely N-dealkylation sites (N-methyl/N-ethyl adjacent to an activating group) is 1. The van der Waals surface area contributed by atoms with Crippen molar-refractivity contribution < 1.29 is 23.9 Å². The van der Waals surface area contributed by atoms with Gasteiger partial charge in [0.2, 0.25) is 5.91 Å². The highest BCUT2D eigenvalue weighted by molar-refractivity contribution is 6.04. The summed E-state index contributed by atoms with van der Waals surface area (Å²) in [5.41, 5.74) is 1.83. The van der Waals surface area contributed by atoms with Crippen molar-refractivity contribution in [3.63, 3.8) is 0 Å². The number of benzene rings is 2. The number of fused-ring (bicyclic) bond motifs is 1. The van der Waals surface area contributed by atoms with Crippen LogP contribution in [0.2, 0.25) is 0 Å². The SMILES string of the molecule is CCN(CC)CCNC(=O)CN1C(=O)COc2ccc(C(=O)COc3cccc(C)c3)cc21. The van der Waals surface area contributed by atoms with Gasteiger partial charge in [-0.3, -0.25) is 19.3 Å². The van der Waals surface area contributed by atoms with Crippen molar-refractivity contribution in [1.29, 1.82) is 0 Å². The maximum atomic E-state index is 12.7. The molecule has 8 heteroatoms. The number of carbonyl (C=O) groups is 3.